The first-order valence-corrected chi connectivity index (χ1v) is 8.13. The van der Waals surface area contributed by atoms with Gasteiger partial charge in [-0.3, -0.25) is 4.79 Å². The van der Waals surface area contributed by atoms with Crippen LogP contribution < -0.4 is 10.6 Å². The van der Waals surface area contributed by atoms with Crippen LogP contribution in [0.1, 0.15) is 34.3 Å². The molecule has 1 aromatic carbocycles. The molecule has 0 radical (unpaired) electrons. The molecule has 0 saturated carbocycles. The molecule has 0 fully saturated rings. The van der Waals surface area contributed by atoms with Crippen molar-refractivity contribution in [1.82, 2.24) is 10.1 Å². The van der Waals surface area contributed by atoms with E-state index in [1.54, 1.807) is 25.3 Å². The minimum absolute atomic E-state index is 0.312. The number of nitrogens with zero attached hydrogens (tertiary/aromatic N) is 2. The van der Waals surface area contributed by atoms with E-state index >= 15 is 0 Å². The van der Waals surface area contributed by atoms with Crippen molar-refractivity contribution in [1.29, 1.82) is 0 Å². The number of aromatic nitrogens is 2. The van der Waals surface area contributed by atoms with Crippen molar-refractivity contribution in [2.45, 2.75) is 27.2 Å². The van der Waals surface area contributed by atoms with Crippen molar-refractivity contribution in [3.8, 4) is 0 Å². The van der Waals surface area contributed by atoms with Gasteiger partial charge in [0.25, 0.3) is 5.91 Å². The summed E-state index contributed by atoms with van der Waals surface area (Å²) in [6, 6.07) is 11.4. The minimum atomic E-state index is -0.329. The van der Waals surface area contributed by atoms with Crippen molar-refractivity contribution in [3.63, 3.8) is 0 Å². The SMILES string of the molecule is CCc1cccc(C)c1Nc1ccc(C(=O)Nc2cc(C)on2)nc1. The van der Waals surface area contributed by atoms with Crippen LogP contribution in [0.15, 0.2) is 47.1 Å². The minimum Gasteiger partial charge on any atom is -0.360 e. The van der Waals surface area contributed by atoms with Crippen LogP contribution in [-0.4, -0.2) is 16.0 Å². The van der Waals surface area contributed by atoms with Gasteiger partial charge < -0.3 is 15.2 Å². The van der Waals surface area contributed by atoms with Gasteiger partial charge in [-0.15, -0.1) is 0 Å². The van der Waals surface area contributed by atoms with Gasteiger partial charge in [0.05, 0.1) is 11.9 Å². The van der Waals surface area contributed by atoms with Crippen LogP contribution in [0, 0.1) is 13.8 Å². The molecule has 0 bridgehead atoms. The lowest BCUT2D eigenvalue weighted by atomic mass is 10.1. The zero-order chi connectivity index (χ0) is 17.8. The standard InChI is InChI=1S/C19H20N4O2/c1-4-14-7-5-6-12(2)18(14)21-15-8-9-16(20-11-15)19(24)22-17-10-13(3)25-23-17/h5-11,21H,4H2,1-3H3,(H,22,23,24). The highest BCUT2D eigenvalue weighted by atomic mass is 16.5. The summed E-state index contributed by atoms with van der Waals surface area (Å²) in [7, 11) is 0. The molecule has 25 heavy (non-hydrogen) atoms. The van der Waals surface area contributed by atoms with E-state index in [1.807, 2.05) is 6.07 Å². The van der Waals surface area contributed by atoms with Gasteiger partial charge in [-0.25, -0.2) is 4.98 Å². The number of carbonyl (C=O) groups is 1. The summed E-state index contributed by atoms with van der Waals surface area (Å²) in [5.74, 6) is 0.678. The van der Waals surface area contributed by atoms with E-state index < -0.39 is 0 Å². The van der Waals surface area contributed by atoms with Crippen molar-refractivity contribution in [2.24, 2.45) is 0 Å². The number of carbonyl (C=O) groups excluding carboxylic acids is 1. The predicted molar refractivity (Wildman–Crippen MR) is 97.3 cm³/mol. The summed E-state index contributed by atoms with van der Waals surface area (Å²) in [5, 5.41) is 9.77. The topological polar surface area (TPSA) is 80.0 Å². The van der Waals surface area contributed by atoms with E-state index in [-0.39, 0.29) is 5.91 Å². The van der Waals surface area contributed by atoms with E-state index in [0.29, 0.717) is 17.3 Å². The molecule has 0 aliphatic carbocycles. The van der Waals surface area contributed by atoms with E-state index in [2.05, 4.69) is 52.8 Å². The normalized spacial score (nSPS) is 10.5. The number of hydrogen-bond acceptors (Lipinski definition) is 5. The fraction of sp³-hybridized carbons (Fsp3) is 0.211. The second-order valence-electron chi connectivity index (χ2n) is 5.80. The average Bonchev–Trinajstić information content (AvgIpc) is 3.02. The van der Waals surface area contributed by atoms with Gasteiger partial charge in [0.15, 0.2) is 5.82 Å². The quantitative estimate of drug-likeness (QED) is 0.728. The molecule has 2 N–H and O–H groups in total. The first-order valence-electron chi connectivity index (χ1n) is 8.13. The Morgan fingerprint density at radius 3 is 2.68 bits per heavy atom. The lowest BCUT2D eigenvalue weighted by molar-refractivity contribution is 0.102. The Kier molecular flexibility index (Phi) is 4.79. The molecule has 0 aliphatic rings. The first kappa shape index (κ1) is 16.7. The number of rotatable bonds is 5. The Morgan fingerprint density at radius 1 is 1.20 bits per heavy atom. The first-order chi connectivity index (χ1) is 12.1. The van der Waals surface area contributed by atoms with Gasteiger partial charge in [-0.1, -0.05) is 30.3 Å². The summed E-state index contributed by atoms with van der Waals surface area (Å²) < 4.78 is 4.92. The van der Waals surface area contributed by atoms with Crippen LogP contribution in [0.4, 0.5) is 17.2 Å². The molecule has 6 heteroatoms. The number of para-hydroxylation sites is 1. The van der Waals surface area contributed by atoms with Crippen molar-refractivity contribution in [3.05, 3.63) is 65.2 Å². The Bertz CT molecular complexity index is 885. The van der Waals surface area contributed by atoms with Crippen LogP contribution in [0.2, 0.25) is 0 Å². The van der Waals surface area contributed by atoms with Crippen molar-refractivity contribution < 1.29 is 9.32 Å². The number of benzene rings is 1. The Labute approximate surface area is 146 Å². The van der Waals surface area contributed by atoms with Gasteiger partial charge in [0.1, 0.15) is 11.5 Å². The van der Waals surface area contributed by atoms with Crippen molar-refractivity contribution >= 4 is 23.1 Å². The highest BCUT2D eigenvalue weighted by Crippen LogP contribution is 2.25. The van der Waals surface area contributed by atoms with Gasteiger partial charge in [-0.05, 0) is 43.5 Å². The van der Waals surface area contributed by atoms with E-state index in [1.165, 1.54) is 11.1 Å². The zero-order valence-corrected chi connectivity index (χ0v) is 14.5. The Morgan fingerprint density at radius 2 is 2.04 bits per heavy atom. The summed E-state index contributed by atoms with van der Waals surface area (Å²) in [6.45, 7) is 5.95. The van der Waals surface area contributed by atoms with Crippen LogP contribution in [0.5, 0.6) is 0 Å². The highest BCUT2D eigenvalue weighted by Gasteiger charge is 2.11. The number of hydrogen-bond donors (Lipinski definition) is 2. The van der Waals surface area contributed by atoms with Gasteiger partial charge in [0.2, 0.25) is 0 Å². The summed E-state index contributed by atoms with van der Waals surface area (Å²) >= 11 is 0. The lowest BCUT2D eigenvalue weighted by Crippen LogP contribution is -2.13. The van der Waals surface area contributed by atoms with Crippen LogP contribution in [-0.2, 0) is 6.42 Å². The number of aryl methyl sites for hydroxylation is 3. The number of pyridine rings is 1. The molecule has 6 nitrogen and oxygen atoms in total. The monoisotopic (exact) mass is 336 g/mol. The molecule has 3 aromatic rings. The van der Waals surface area contributed by atoms with Crippen LogP contribution >= 0.6 is 0 Å². The summed E-state index contributed by atoms with van der Waals surface area (Å²) in [6.07, 6.45) is 2.59. The van der Waals surface area contributed by atoms with Gasteiger partial charge in [-0.2, -0.15) is 0 Å². The Hall–Kier alpha value is -3.15. The fourth-order valence-electron chi connectivity index (χ4n) is 2.55. The lowest BCUT2D eigenvalue weighted by Gasteiger charge is -2.14. The highest BCUT2D eigenvalue weighted by molar-refractivity contribution is 6.02. The van der Waals surface area contributed by atoms with Crippen LogP contribution in [0.3, 0.4) is 0 Å². The largest absolute Gasteiger partial charge is 0.360 e. The van der Waals surface area contributed by atoms with Crippen LogP contribution in [0.25, 0.3) is 0 Å². The van der Waals surface area contributed by atoms with E-state index in [0.717, 1.165) is 17.8 Å². The number of anilines is 3. The molecule has 0 saturated heterocycles. The molecule has 0 atom stereocenters. The van der Waals surface area contributed by atoms with E-state index in [9.17, 15) is 4.79 Å². The Balaban J connectivity index is 1.73. The average molecular weight is 336 g/mol. The number of nitrogens with one attached hydrogen (secondary N) is 2. The van der Waals surface area contributed by atoms with Gasteiger partial charge >= 0.3 is 0 Å². The third-order valence-electron chi connectivity index (χ3n) is 3.88. The molecule has 0 unspecified atom stereocenters. The maximum atomic E-state index is 12.2. The fourth-order valence-corrected chi connectivity index (χ4v) is 2.55. The van der Waals surface area contributed by atoms with Gasteiger partial charge in [0, 0.05) is 11.8 Å². The molecule has 2 aromatic heterocycles. The van der Waals surface area contributed by atoms with Crippen molar-refractivity contribution in [2.75, 3.05) is 10.6 Å². The maximum absolute atomic E-state index is 12.2. The molecule has 3 rings (SSSR count). The molecule has 128 valence electrons. The third kappa shape index (κ3) is 3.85. The zero-order valence-electron chi connectivity index (χ0n) is 14.5. The second kappa shape index (κ2) is 7.17. The molecule has 0 aliphatic heterocycles. The maximum Gasteiger partial charge on any atom is 0.275 e. The molecular formula is C19H20N4O2. The summed E-state index contributed by atoms with van der Waals surface area (Å²) in [4.78, 5) is 16.4. The number of amides is 1. The second-order valence-corrected chi connectivity index (χ2v) is 5.80. The molecule has 1 amide bonds. The smallest absolute Gasteiger partial charge is 0.275 e. The molecule has 0 spiro atoms. The molecule has 2 heterocycles. The third-order valence-corrected chi connectivity index (χ3v) is 3.88. The van der Waals surface area contributed by atoms with E-state index in [4.69, 9.17) is 4.52 Å². The summed E-state index contributed by atoms with van der Waals surface area (Å²) in [5.41, 5.74) is 4.64. The molecular weight excluding hydrogens is 316 g/mol. The predicted octanol–water partition coefficient (Wildman–Crippen LogP) is 4.24.